The first-order valence-corrected chi connectivity index (χ1v) is 8.78. The third-order valence-electron chi connectivity index (χ3n) is 4.27. The van der Waals surface area contributed by atoms with Gasteiger partial charge in [0.05, 0.1) is 14.2 Å². The van der Waals surface area contributed by atoms with Gasteiger partial charge >= 0.3 is 0 Å². The number of carbonyl (C=O) groups is 2. The van der Waals surface area contributed by atoms with E-state index >= 15 is 0 Å². The molecule has 0 amide bonds. The largest absolute Gasteiger partial charge is 0.504 e. The highest BCUT2D eigenvalue weighted by Gasteiger charge is 2.40. The van der Waals surface area contributed by atoms with Gasteiger partial charge in [-0.1, -0.05) is 13.8 Å². The van der Waals surface area contributed by atoms with E-state index in [1.807, 2.05) is 27.9 Å². The summed E-state index contributed by atoms with van der Waals surface area (Å²) in [4.78, 5) is 24.3. The van der Waals surface area contributed by atoms with E-state index in [0.717, 1.165) is 0 Å². The molecule has 2 aliphatic rings. The molecule has 0 saturated carbocycles. The number of fused-ring (bicyclic) bond motifs is 3. The molecule has 0 aromatic heterocycles. The Morgan fingerprint density at radius 2 is 1.65 bits per heavy atom. The summed E-state index contributed by atoms with van der Waals surface area (Å²) in [6.45, 7) is 4.00. The van der Waals surface area contributed by atoms with Gasteiger partial charge < -0.3 is 19.9 Å². The Morgan fingerprint density at radius 1 is 1.04 bits per heavy atom. The number of rotatable bonds is 2. The highest BCUT2D eigenvalue weighted by atomic mass is 16.5. The first-order chi connectivity index (χ1) is 12.5. The molecule has 2 N–H and O–H groups in total. The SMILES string of the molecule is CC.CNC.COC1=CC2CC(=O)c3ccc(OC)c(O)c3C2CC1=O. The van der Waals surface area contributed by atoms with Gasteiger partial charge in [-0.2, -0.15) is 0 Å². The van der Waals surface area contributed by atoms with Crippen LogP contribution in [-0.2, 0) is 9.53 Å². The molecule has 0 aliphatic heterocycles. The number of allylic oxidation sites excluding steroid dienone is 2. The number of benzene rings is 1. The molecule has 2 unspecified atom stereocenters. The number of Topliss-reactive ketones (excluding diaryl/α,β-unsaturated/α-hetero) is 2. The van der Waals surface area contributed by atoms with Crippen molar-refractivity contribution in [1.29, 1.82) is 0 Å². The van der Waals surface area contributed by atoms with Crippen molar-refractivity contribution in [3.63, 3.8) is 0 Å². The van der Waals surface area contributed by atoms with Gasteiger partial charge in [0, 0.05) is 29.9 Å². The van der Waals surface area contributed by atoms with Crippen LogP contribution in [0, 0.1) is 5.92 Å². The van der Waals surface area contributed by atoms with Gasteiger partial charge in [0.1, 0.15) is 0 Å². The second-order valence-corrected chi connectivity index (χ2v) is 5.84. The van der Waals surface area contributed by atoms with Gasteiger partial charge in [-0.25, -0.2) is 0 Å². The molecule has 144 valence electrons. The maximum atomic E-state index is 12.3. The van der Waals surface area contributed by atoms with Crippen molar-refractivity contribution >= 4 is 11.6 Å². The van der Waals surface area contributed by atoms with Crippen molar-refractivity contribution < 1.29 is 24.2 Å². The average Bonchev–Trinajstić information content (AvgIpc) is 2.64. The minimum absolute atomic E-state index is 0.0368. The van der Waals surface area contributed by atoms with Gasteiger partial charge in [0.25, 0.3) is 0 Å². The summed E-state index contributed by atoms with van der Waals surface area (Å²) in [5.74, 6) is 0.0903. The topological polar surface area (TPSA) is 84.9 Å². The number of methoxy groups -OCH3 is 2. The van der Waals surface area contributed by atoms with Crippen LogP contribution in [0.1, 0.15) is 48.5 Å². The number of phenols is 1. The zero-order valence-electron chi connectivity index (χ0n) is 16.4. The highest BCUT2D eigenvalue weighted by molar-refractivity contribution is 6.02. The molecule has 0 radical (unpaired) electrons. The van der Waals surface area contributed by atoms with Crippen LogP contribution in [0.3, 0.4) is 0 Å². The van der Waals surface area contributed by atoms with E-state index in [0.29, 0.717) is 29.1 Å². The van der Waals surface area contributed by atoms with Gasteiger partial charge in [-0.15, -0.1) is 0 Å². The zero-order chi connectivity index (χ0) is 19.9. The van der Waals surface area contributed by atoms with Gasteiger partial charge in [-0.05, 0) is 38.2 Å². The minimum atomic E-state index is -0.209. The molecule has 6 heteroatoms. The second kappa shape index (κ2) is 9.97. The summed E-state index contributed by atoms with van der Waals surface area (Å²) in [5.41, 5.74) is 1.01. The lowest BCUT2D eigenvalue weighted by Crippen LogP contribution is -2.30. The number of phenolic OH excluding ortho intramolecular Hbond substituents is 1. The first kappa shape index (κ1) is 21.7. The molecule has 0 spiro atoms. The standard InChI is InChI=1S/C16H16O5.C2H7N.C2H6/c1-20-13-4-3-9-11(17)5-8-6-14(21-2)12(18)7-10(8)15(9)16(13)19;1-3-2;1-2/h3-4,6,8,10,19H,5,7H2,1-2H3;3H,1-2H3;1-2H3. The molecule has 0 saturated heterocycles. The number of carbonyl (C=O) groups excluding carboxylic acids is 2. The maximum absolute atomic E-state index is 12.3. The van der Waals surface area contributed by atoms with Crippen LogP contribution in [0.25, 0.3) is 0 Å². The molecule has 0 fully saturated rings. The van der Waals surface area contributed by atoms with Crippen molar-refractivity contribution in [3.8, 4) is 11.5 Å². The van der Waals surface area contributed by atoms with E-state index in [1.54, 1.807) is 18.2 Å². The smallest absolute Gasteiger partial charge is 0.197 e. The lowest BCUT2D eigenvalue weighted by atomic mass is 9.69. The molecule has 6 nitrogen and oxygen atoms in total. The van der Waals surface area contributed by atoms with Crippen LogP contribution in [0.4, 0.5) is 0 Å². The predicted octanol–water partition coefficient (Wildman–Crippen LogP) is 3.05. The van der Waals surface area contributed by atoms with Crippen molar-refractivity contribution in [2.75, 3.05) is 28.3 Å². The van der Waals surface area contributed by atoms with Crippen LogP contribution < -0.4 is 10.1 Å². The van der Waals surface area contributed by atoms with Crippen molar-refractivity contribution in [3.05, 3.63) is 35.1 Å². The molecule has 2 atom stereocenters. The summed E-state index contributed by atoms with van der Waals surface area (Å²) in [5, 5.41) is 13.1. The Kier molecular flexibility index (Phi) is 8.32. The van der Waals surface area contributed by atoms with Crippen LogP contribution in [0.15, 0.2) is 24.0 Å². The van der Waals surface area contributed by atoms with Crippen LogP contribution in [0.2, 0.25) is 0 Å². The molecular formula is C20H29NO5. The molecule has 2 aliphatic carbocycles. The van der Waals surface area contributed by atoms with Gasteiger partial charge in [0.2, 0.25) is 0 Å². The fraction of sp³-hybridized carbons (Fsp3) is 0.500. The Morgan fingerprint density at radius 3 is 2.19 bits per heavy atom. The predicted molar refractivity (Wildman–Crippen MR) is 101 cm³/mol. The summed E-state index contributed by atoms with van der Waals surface area (Å²) in [7, 11) is 6.65. The fourth-order valence-corrected chi connectivity index (χ4v) is 3.25. The third kappa shape index (κ3) is 4.25. The van der Waals surface area contributed by atoms with Crippen LogP contribution >= 0.6 is 0 Å². The Bertz CT molecular complexity index is 681. The molecule has 1 aromatic rings. The van der Waals surface area contributed by atoms with Crippen LogP contribution in [-0.4, -0.2) is 45.0 Å². The normalized spacial score (nSPS) is 20.3. The Balaban J connectivity index is 0.000000615. The average molecular weight is 363 g/mol. The van der Waals surface area contributed by atoms with Crippen LogP contribution in [0.5, 0.6) is 11.5 Å². The first-order valence-electron chi connectivity index (χ1n) is 8.78. The van der Waals surface area contributed by atoms with Gasteiger partial charge in [-0.3, -0.25) is 9.59 Å². The highest BCUT2D eigenvalue weighted by Crippen LogP contribution is 2.48. The monoisotopic (exact) mass is 363 g/mol. The molecule has 26 heavy (non-hydrogen) atoms. The van der Waals surface area contributed by atoms with E-state index in [1.165, 1.54) is 14.2 Å². The quantitative estimate of drug-likeness (QED) is 0.840. The number of hydrogen-bond acceptors (Lipinski definition) is 6. The number of ketones is 2. The molecule has 0 bridgehead atoms. The van der Waals surface area contributed by atoms with Crippen molar-refractivity contribution in [2.45, 2.75) is 32.6 Å². The zero-order valence-corrected chi connectivity index (χ0v) is 16.4. The Hall–Kier alpha value is -2.34. The lowest BCUT2D eigenvalue weighted by molar-refractivity contribution is -0.119. The number of hydrogen-bond donors (Lipinski definition) is 2. The number of aromatic hydroxyl groups is 1. The summed E-state index contributed by atoms with van der Waals surface area (Å²) >= 11 is 0. The molecule has 3 rings (SSSR count). The minimum Gasteiger partial charge on any atom is -0.504 e. The van der Waals surface area contributed by atoms with E-state index in [4.69, 9.17) is 9.47 Å². The summed E-state index contributed by atoms with van der Waals surface area (Å²) in [6, 6.07) is 3.24. The van der Waals surface area contributed by atoms with E-state index < -0.39 is 0 Å². The third-order valence-corrected chi connectivity index (χ3v) is 4.27. The van der Waals surface area contributed by atoms with E-state index in [2.05, 4.69) is 5.32 Å². The molecule has 1 aromatic carbocycles. The summed E-state index contributed by atoms with van der Waals surface area (Å²) in [6.07, 6.45) is 2.26. The number of ether oxygens (including phenoxy) is 2. The molecular weight excluding hydrogens is 334 g/mol. The Labute approximate surface area is 155 Å². The second-order valence-electron chi connectivity index (χ2n) is 5.84. The van der Waals surface area contributed by atoms with Gasteiger partial charge in [0.15, 0.2) is 28.8 Å². The molecule has 0 heterocycles. The summed E-state index contributed by atoms with van der Waals surface area (Å²) < 4.78 is 10.2. The lowest BCUT2D eigenvalue weighted by Gasteiger charge is -2.34. The number of nitrogens with one attached hydrogen (secondary N) is 1. The fourth-order valence-electron chi connectivity index (χ4n) is 3.25. The maximum Gasteiger partial charge on any atom is 0.197 e. The van der Waals surface area contributed by atoms with E-state index in [-0.39, 0.29) is 35.6 Å². The van der Waals surface area contributed by atoms with Crippen molar-refractivity contribution in [2.24, 2.45) is 5.92 Å². The van der Waals surface area contributed by atoms with Crippen molar-refractivity contribution in [1.82, 2.24) is 5.32 Å². The van der Waals surface area contributed by atoms with E-state index in [9.17, 15) is 14.7 Å².